The van der Waals surface area contributed by atoms with E-state index in [1.807, 2.05) is 84.9 Å². The average molecular weight is 1330 g/mol. The zero-order chi connectivity index (χ0) is 87.4. The number of hydrogen-bond donors (Lipinski definition) is 0. The first kappa shape index (κ1) is 43.0. The highest BCUT2D eigenvalue weighted by Gasteiger charge is 2.46. The van der Waals surface area contributed by atoms with Crippen molar-refractivity contribution in [3.05, 3.63) is 320 Å². The van der Waals surface area contributed by atoms with Crippen LogP contribution in [0, 0.1) is 0 Å². The van der Waals surface area contributed by atoms with Crippen LogP contribution < -0.4 is 26.2 Å². The molecule has 17 aromatic rings. The summed E-state index contributed by atoms with van der Waals surface area (Å²) in [7, 11) is 0. The van der Waals surface area contributed by atoms with Gasteiger partial charge in [-0.2, -0.15) is 0 Å². The predicted octanol–water partition coefficient (Wildman–Crippen LogP) is 24.4. The number of hydrogen-bond acceptors (Lipinski definition) is 3. The molecule has 102 heavy (non-hydrogen) atoms. The van der Waals surface area contributed by atoms with E-state index in [0.717, 1.165) is 55.7 Å². The van der Waals surface area contributed by atoms with Crippen LogP contribution in [0.4, 0.5) is 34.1 Å². The minimum absolute atomic E-state index is 0.0385. The Kier molecular flexibility index (Phi) is 9.62. The molecule has 0 saturated carbocycles. The van der Waals surface area contributed by atoms with Gasteiger partial charge in [0.2, 0.25) is 0 Å². The molecule has 2 aliphatic heterocycles. The third-order valence-electron chi connectivity index (χ3n) is 20.5. The van der Waals surface area contributed by atoms with Gasteiger partial charge in [-0.1, -0.05) is 286 Å². The van der Waals surface area contributed by atoms with Crippen molar-refractivity contribution in [1.29, 1.82) is 0 Å². The molecular weight excluding hydrogens is 1240 g/mol. The standard InChI is InChI=1S/C96H77BN4O/c1-94(2,3)66-51-64(52-67(56-66)95(4,5)6)65-54-88-90-89(55-65)101(91-76(61-31-15-11-16-32-61)57-68(96(7,8)9)58-77(91)62-33-17-12-18-34-62)86-53-63(60-29-13-10-14-30-60)47-49-78(86)97(90)79-50-48-69(98-80-41-23-19-35-70(80)71-36-20-24-42-81(71)98)59-87(79)100(88)85-46-28-40-75-74-39-27-45-84(92(74)102-93(75)85)99-82-43-25-21-37-72(82)73-38-22-26-44-83(73)99/h10-59H,1-9H3/i10D,13D,14D,19D,20D,21D,22D,23D,24D,25D,26D,29D,30D,35D,36D,37D,38D,41D,42D,43D,44D. The lowest BCUT2D eigenvalue weighted by atomic mass is 9.33. The smallest absolute Gasteiger partial charge is 0.252 e. The Morgan fingerprint density at radius 3 is 1.26 bits per heavy atom. The Hall–Kier alpha value is -11.9. The van der Waals surface area contributed by atoms with E-state index < -0.39 is 150 Å². The summed E-state index contributed by atoms with van der Waals surface area (Å²) in [4.78, 5) is 4.34. The van der Waals surface area contributed by atoms with E-state index in [2.05, 4.69) is 139 Å². The van der Waals surface area contributed by atoms with Crippen LogP contribution in [-0.2, 0) is 16.2 Å². The molecule has 0 N–H and O–H groups in total. The number of furan rings is 1. The molecule has 2 aliphatic rings. The summed E-state index contributed by atoms with van der Waals surface area (Å²) in [6.45, 7) is 18.7. The zero-order valence-corrected chi connectivity index (χ0v) is 57.5. The van der Waals surface area contributed by atoms with Crippen molar-refractivity contribution in [1.82, 2.24) is 9.13 Å². The molecule has 490 valence electrons. The molecule has 0 atom stereocenters. The zero-order valence-electron chi connectivity index (χ0n) is 78.5. The van der Waals surface area contributed by atoms with E-state index in [4.69, 9.17) is 14.0 Å². The van der Waals surface area contributed by atoms with Crippen molar-refractivity contribution in [2.75, 3.05) is 9.80 Å². The lowest BCUT2D eigenvalue weighted by molar-refractivity contribution is 0.569. The topological polar surface area (TPSA) is 29.5 Å². The van der Waals surface area contributed by atoms with Gasteiger partial charge in [0.15, 0.2) is 11.2 Å². The van der Waals surface area contributed by atoms with Crippen molar-refractivity contribution < 1.29 is 33.2 Å². The Morgan fingerprint density at radius 1 is 0.304 bits per heavy atom. The van der Waals surface area contributed by atoms with Crippen LogP contribution in [0.2, 0.25) is 0 Å². The Balaban J connectivity index is 1.03. The SMILES string of the molecule is [2H]c1c([2H])c([2H])c(-c2ccc3c(c2)N(c2c(-c4ccccc4)cc(C(C)(C)C)cc2-c2ccccc2)c2cc(-c4cc(C(C)(C)C)cc(C(C)(C)C)c4)cc4c2B3c2ccc(-n3c5c([2H])c([2H])c([2H])c([2H])c5c5c([2H])c([2H])c([2H])c([2H])c53)cc2N4c2cccc3c2oc2c(-n4c5c([2H])c([2H])c([2H])c([2H])c5c5c([2H])c([2H])c([2H])c([2H])c54)cccc23)c([2H])c1[2H]. The van der Waals surface area contributed by atoms with E-state index in [0.29, 0.717) is 61.3 Å². The van der Waals surface area contributed by atoms with Crippen LogP contribution in [-0.4, -0.2) is 15.8 Å². The van der Waals surface area contributed by atoms with Crippen LogP contribution in [0.15, 0.2) is 307 Å². The highest BCUT2D eigenvalue weighted by Crippen LogP contribution is 2.55. The number of benzene rings is 14. The number of rotatable bonds is 8. The quantitative estimate of drug-likeness (QED) is 0.142. The Labute approximate surface area is 626 Å². The van der Waals surface area contributed by atoms with E-state index in [9.17, 15) is 19.2 Å². The van der Waals surface area contributed by atoms with Crippen LogP contribution in [0.5, 0.6) is 0 Å². The molecule has 5 heterocycles. The molecule has 0 unspecified atom stereocenters. The Bertz CT molecular complexity index is 7330. The number of aromatic nitrogens is 2. The van der Waals surface area contributed by atoms with E-state index in [-0.39, 0.29) is 71.7 Å². The molecule has 0 amide bonds. The summed E-state index contributed by atoms with van der Waals surface area (Å²) in [5.74, 6) is 0. The molecule has 19 rings (SSSR count). The molecule has 5 nitrogen and oxygen atoms in total. The summed E-state index contributed by atoms with van der Waals surface area (Å²) in [5, 5.41) is 0.458. The maximum atomic E-state index is 9.85. The van der Waals surface area contributed by atoms with Gasteiger partial charge in [0.1, 0.15) is 0 Å². The largest absolute Gasteiger partial charge is 0.452 e. The van der Waals surface area contributed by atoms with Gasteiger partial charge in [-0.05, 0) is 161 Å². The molecule has 3 aromatic heterocycles. The average Bonchev–Trinajstić information content (AvgIpc) is 1.03. The molecule has 0 saturated heterocycles. The normalized spacial score (nSPS) is 16.0. The molecule has 0 aliphatic carbocycles. The molecule has 0 fully saturated rings. The summed E-state index contributed by atoms with van der Waals surface area (Å²) in [6, 6.07) is 46.3. The molecule has 6 heteroatoms. The first-order valence-corrected chi connectivity index (χ1v) is 34.3. The first-order valence-electron chi connectivity index (χ1n) is 44.8. The molecular formula is C96H77BN4O. The Morgan fingerprint density at radius 2 is 0.735 bits per heavy atom. The molecule has 0 spiro atoms. The van der Waals surface area contributed by atoms with Crippen LogP contribution in [0.25, 0.3) is 121 Å². The van der Waals surface area contributed by atoms with Crippen molar-refractivity contribution in [2.45, 2.75) is 78.6 Å². The van der Waals surface area contributed by atoms with E-state index >= 15 is 0 Å². The minimum Gasteiger partial charge on any atom is -0.452 e. The van der Waals surface area contributed by atoms with E-state index in [1.54, 1.807) is 24.3 Å². The van der Waals surface area contributed by atoms with Crippen LogP contribution >= 0.6 is 0 Å². The third kappa shape index (κ3) is 9.59. The minimum atomic E-state index is -0.853. The second kappa shape index (κ2) is 22.8. The summed E-state index contributed by atoms with van der Waals surface area (Å²) in [5.41, 5.74) is 12.5. The van der Waals surface area contributed by atoms with Crippen molar-refractivity contribution in [3.8, 4) is 55.9 Å². The second-order valence-corrected chi connectivity index (χ2v) is 29.7. The van der Waals surface area contributed by atoms with Gasteiger partial charge in [0, 0.05) is 71.9 Å². The van der Waals surface area contributed by atoms with Crippen molar-refractivity contribution in [2.24, 2.45) is 0 Å². The van der Waals surface area contributed by atoms with Gasteiger partial charge in [-0.3, -0.25) is 0 Å². The number of nitrogens with zero attached hydrogens (tertiary/aromatic N) is 4. The lowest BCUT2D eigenvalue weighted by Crippen LogP contribution is -2.61. The van der Waals surface area contributed by atoms with Gasteiger partial charge in [0.05, 0.1) is 67.9 Å². The van der Waals surface area contributed by atoms with Crippen LogP contribution in [0.3, 0.4) is 0 Å². The molecule has 0 radical (unpaired) electrons. The first-order chi connectivity index (χ1) is 58.2. The van der Waals surface area contributed by atoms with E-state index in [1.165, 1.54) is 9.13 Å². The lowest BCUT2D eigenvalue weighted by Gasteiger charge is -2.45. The fourth-order valence-corrected chi connectivity index (χ4v) is 15.5. The maximum absolute atomic E-state index is 9.85. The van der Waals surface area contributed by atoms with Gasteiger partial charge in [-0.25, -0.2) is 0 Å². The second-order valence-electron chi connectivity index (χ2n) is 29.7. The highest BCUT2D eigenvalue weighted by atomic mass is 16.3. The fourth-order valence-electron chi connectivity index (χ4n) is 15.5. The predicted molar refractivity (Wildman–Crippen MR) is 434 cm³/mol. The third-order valence-corrected chi connectivity index (χ3v) is 20.5. The number of para-hydroxylation sites is 6. The molecule has 0 bridgehead atoms. The van der Waals surface area contributed by atoms with Gasteiger partial charge in [-0.15, -0.1) is 0 Å². The van der Waals surface area contributed by atoms with Crippen molar-refractivity contribution >= 4 is 123 Å². The summed E-state index contributed by atoms with van der Waals surface area (Å²) in [6.07, 6.45) is 0. The summed E-state index contributed by atoms with van der Waals surface area (Å²) < 4.78 is 207. The van der Waals surface area contributed by atoms with Gasteiger partial charge < -0.3 is 23.4 Å². The van der Waals surface area contributed by atoms with Crippen molar-refractivity contribution in [3.63, 3.8) is 0 Å². The van der Waals surface area contributed by atoms with Gasteiger partial charge in [0.25, 0.3) is 6.71 Å². The summed E-state index contributed by atoms with van der Waals surface area (Å²) >= 11 is 0. The van der Waals surface area contributed by atoms with Crippen LogP contribution in [0.1, 0.15) is 108 Å². The fraction of sp³-hybridized carbons (Fsp3) is 0.125. The van der Waals surface area contributed by atoms with Gasteiger partial charge >= 0.3 is 0 Å². The number of fused-ring (bicyclic) bond motifs is 13. The highest BCUT2D eigenvalue weighted by molar-refractivity contribution is 7.00. The molecule has 14 aromatic carbocycles. The maximum Gasteiger partial charge on any atom is 0.252 e. The monoisotopic (exact) mass is 1330 g/mol. The number of anilines is 6.